The number of benzene rings is 1. The van der Waals surface area contributed by atoms with Gasteiger partial charge in [0.2, 0.25) is 0 Å². The molecule has 110 valence electrons. The molecule has 0 aliphatic carbocycles. The Balaban J connectivity index is 3.10. The van der Waals surface area contributed by atoms with Crippen LogP contribution in [0.25, 0.3) is 0 Å². The van der Waals surface area contributed by atoms with Crippen molar-refractivity contribution in [3.63, 3.8) is 0 Å². The quantitative estimate of drug-likeness (QED) is 0.372. The Morgan fingerprint density at radius 3 is 2.20 bits per heavy atom. The highest BCUT2D eigenvalue weighted by Crippen LogP contribution is 2.41. The summed E-state index contributed by atoms with van der Waals surface area (Å²) in [6.45, 7) is 0. The standard InChI is InChI=1S/C11H14FN2O5P/c1-17-11(15)10(8-4-6-9(12)7-5-8)13-14-20(16,18-2)19-3/h4-7H,1-3H3,(H,14,16)/b13-10+. The van der Waals surface area contributed by atoms with Gasteiger partial charge < -0.3 is 4.74 Å². The fourth-order valence-corrected chi connectivity index (χ4v) is 1.73. The molecule has 1 rings (SSSR count). The number of hydrogen-bond donors (Lipinski definition) is 1. The van der Waals surface area contributed by atoms with Crippen LogP contribution in [0.3, 0.4) is 0 Å². The molecule has 0 aliphatic heterocycles. The molecule has 0 amide bonds. The Labute approximate surface area is 115 Å². The van der Waals surface area contributed by atoms with Gasteiger partial charge in [0.05, 0.1) is 7.11 Å². The number of esters is 1. The fraction of sp³-hybridized carbons (Fsp3) is 0.273. The molecule has 1 N–H and O–H groups in total. The van der Waals surface area contributed by atoms with Crippen LogP contribution in [-0.2, 0) is 23.1 Å². The first kappa shape index (κ1) is 16.3. The lowest BCUT2D eigenvalue weighted by atomic mass is 10.1. The predicted molar refractivity (Wildman–Crippen MR) is 69.7 cm³/mol. The number of ether oxygens (including phenoxy) is 1. The smallest absolute Gasteiger partial charge is 0.447 e. The maximum absolute atomic E-state index is 12.9. The highest BCUT2D eigenvalue weighted by molar-refractivity contribution is 7.51. The predicted octanol–water partition coefficient (Wildman–Crippen LogP) is 1.69. The Morgan fingerprint density at radius 1 is 1.20 bits per heavy atom. The highest BCUT2D eigenvalue weighted by Gasteiger charge is 2.22. The third kappa shape index (κ3) is 4.12. The molecule has 0 radical (unpaired) electrons. The van der Waals surface area contributed by atoms with Gasteiger partial charge in [-0.15, -0.1) is 0 Å². The van der Waals surface area contributed by atoms with Crippen molar-refractivity contribution in [2.45, 2.75) is 0 Å². The number of hydrogen-bond acceptors (Lipinski definition) is 6. The van der Waals surface area contributed by atoms with Gasteiger partial charge in [0, 0.05) is 19.8 Å². The van der Waals surface area contributed by atoms with E-state index >= 15 is 0 Å². The number of nitrogens with one attached hydrogen (secondary N) is 1. The van der Waals surface area contributed by atoms with Crippen molar-refractivity contribution >= 4 is 19.4 Å². The van der Waals surface area contributed by atoms with Gasteiger partial charge in [-0.25, -0.2) is 18.9 Å². The number of halogens is 1. The monoisotopic (exact) mass is 304 g/mol. The number of carbonyl (C=O) groups is 1. The van der Waals surface area contributed by atoms with Crippen molar-refractivity contribution in [1.29, 1.82) is 0 Å². The molecule has 0 fully saturated rings. The van der Waals surface area contributed by atoms with Crippen molar-refractivity contribution in [3.8, 4) is 0 Å². The van der Waals surface area contributed by atoms with Crippen LogP contribution in [0, 0.1) is 5.82 Å². The van der Waals surface area contributed by atoms with Gasteiger partial charge in [0.1, 0.15) is 5.82 Å². The fourth-order valence-electron chi connectivity index (χ4n) is 1.20. The van der Waals surface area contributed by atoms with E-state index in [1.54, 1.807) is 0 Å². The van der Waals surface area contributed by atoms with Gasteiger partial charge in [-0.3, -0.25) is 9.05 Å². The average Bonchev–Trinajstić information content (AvgIpc) is 2.48. The summed E-state index contributed by atoms with van der Waals surface area (Å²) in [6.07, 6.45) is 0. The molecular weight excluding hydrogens is 290 g/mol. The summed E-state index contributed by atoms with van der Waals surface area (Å²) in [7, 11) is -0.164. The summed E-state index contributed by atoms with van der Waals surface area (Å²) in [6, 6.07) is 4.97. The summed E-state index contributed by atoms with van der Waals surface area (Å²) < 4.78 is 38.4. The van der Waals surface area contributed by atoms with Crippen LogP contribution in [0.1, 0.15) is 5.56 Å². The van der Waals surface area contributed by atoms with Gasteiger partial charge in [0.25, 0.3) is 0 Å². The number of hydrazone groups is 1. The van der Waals surface area contributed by atoms with E-state index in [4.69, 9.17) is 0 Å². The SMILES string of the molecule is COC(=O)/C(=N/NP(=O)(OC)OC)c1ccc(F)cc1. The first-order valence-corrected chi connectivity index (χ1v) is 6.90. The van der Waals surface area contributed by atoms with E-state index in [-0.39, 0.29) is 11.3 Å². The minimum Gasteiger partial charge on any atom is -0.464 e. The molecule has 0 heterocycles. The largest absolute Gasteiger partial charge is 0.464 e. The Bertz CT molecular complexity index is 538. The second-order valence-electron chi connectivity index (χ2n) is 3.42. The number of nitrogens with zero attached hydrogens (tertiary/aromatic N) is 1. The molecule has 9 heteroatoms. The van der Waals surface area contributed by atoms with Crippen LogP contribution < -0.4 is 5.20 Å². The summed E-state index contributed by atoms with van der Waals surface area (Å²) in [5.41, 5.74) is 0.0892. The van der Waals surface area contributed by atoms with Gasteiger partial charge in [-0.2, -0.15) is 5.10 Å². The molecule has 0 aromatic heterocycles. The normalized spacial score (nSPS) is 12.1. The van der Waals surface area contributed by atoms with E-state index in [9.17, 15) is 13.8 Å². The summed E-state index contributed by atoms with van der Waals surface area (Å²) >= 11 is 0. The second kappa shape index (κ2) is 7.14. The van der Waals surface area contributed by atoms with Crippen molar-refractivity contribution in [2.75, 3.05) is 21.3 Å². The zero-order valence-corrected chi connectivity index (χ0v) is 12.0. The van der Waals surface area contributed by atoms with E-state index < -0.39 is 19.5 Å². The lowest BCUT2D eigenvalue weighted by Crippen LogP contribution is -2.21. The van der Waals surface area contributed by atoms with Crippen molar-refractivity contribution in [1.82, 2.24) is 5.20 Å². The Kier molecular flexibility index (Phi) is 5.82. The van der Waals surface area contributed by atoms with Crippen molar-refractivity contribution in [2.24, 2.45) is 5.10 Å². The maximum atomic E-state index is 12.9. The zero-order valence-electron chi connectivity index (χ0n) is 11.1. The van der Waals surface area contributed by atoms with Crippen LogP contribution in [0.15, 0.2) is 29.4 Å². The summed E-state index contributed by atoms with van der Waals surface area (Å²) in [5.74, 6) is -1.26. The topological polar surface area (TPSA) is 86.2 Å². The van der Waals surface area contributed by atoms with E-state index in [1.165, 1.54) is 12.1 Å². The van der Waals surface area contributed by atoms with Crippen LogP contribution in [0.2, 0.25) is 0 Å². The van der Waals surface area contributed by atoms with Gasteiger partial charge in [-0.1, -0.05) is 0 Å². The van der Waals surface area contributed by atoms with Gasteiger partial charge in [-0.05, 0) is 24.3 Å². The summed E-state index contributed by atoms with van der Waals surface area (Å²) in [5, 5.41) is 5.79. The van der Waals surface area contributed by atoms with Crippen LogP contribution in [0.5, 0.6) is 0 Å². The van der Waals surface area contributed by atoms with Gasteiger partial charge >= 0.3 is 13.7 Å². The number of carbonyl (C=O) groups excluding carboxylic acids is 1. The highest BCUT2D eigenvalue weighted by atomic mass is 31.2. The van der Waals surface area contributed by atoms with Crippen LogP contribution in [-0.4, -0.2) is 33.0 Å². The molecule has 0 unspecified atom stereocenters. The Morgan fingerprint density at radius 2 is 1.75 bits per heavy atom. The minimum absolute atomic E-state index is 0.193. The molecule has 0 atom stereocenters. The summed E-state index contributed by atoms with van der Waals surface area (Å²) in [4.78, 5) is 11.6. The lowest BCUT2D eigenvalue weighted by Gasteiger charge is -2.13. The molecule has 1 aromatic rings. The van der Waals surface area contributed by atoms with E-state index in [2.05, 4.69) is 24.1 Å². The second-order valence-corrected chi connectivity index (χ2v) is 5.35. The van der Waals surface area contributed by atoms with E-state index in [0.29, 0.717) is 0 Å². The van der Waals surface area contributed by atoms with E-state index in [1.807, 2.05) is 0 Å². The van der Waals surface area contributed by atoms with Gasteiger partial charge in [0.15, 0.2) is 5.71 Å². The van der Waals surface area contributed by atoms with E-state index in [0.717, 1.165) is 33.5 Å². The van der Waals surface area contributed by atoms with Crippen LogP contribution in [0.4, 0.5) is 4.39 Å². The Hall–Kier alpha value is -1.76. The molecule has 20 heavy (non-hydrogen) atoms. The maximum Gasteiger partial charge on any atom is 0.447 e. The molecule has 0 saturated carbocycles. The third-order valence-corrected chi connectivity index (χ3v) is 3.57. The number of methoxy groups -OCH3 is 1. The molecular formula is C11H14FN2O5P. The lowest BCUT2D eigenvalue weighted by molar-refractivity contribution is -0.132. The molecule has 1 aromatic carbocycles. The molecule has 0 saturated heterocycles. The first-order chi connectivity index (χ1) is 9.45. The van der Waals surface area contributed by atoms with Crippen molar-refractivity contribution < 1.29 is 27.5 Å². The zero-order chi connectivity index (χ0) is 15.2. The third-order valence-electron chi connectivity index (χ3n) is 2.26. The van der Waals surface area contributed by atoms with Crippen molar-refractivity contribution in [3.05, 3.63) is 35.6 Å². The van der Waals surface area contributed by atoms with Crippen LogP contribution >= 0.6 is 7.75 Å². The average molecular weight is 304 g/mol. The molecule has 7 nitrogen and oxygen atoms in total. The first-order valence-electron chi connectivity index (χ1n) is 5.36. The molecule has 0 spiro atoms. The molecule has 0 aliphatic rings. The number of rotatable bonds is 6. The molecule has 0 bridgehead atoms. The minimum atomic E-state index is -3.63.